The fourth-order valence-electron chi connectivity index (χ4n) is 1.34. The van der Waals surface area contributed by atoms with Crippen LogP contribution in [0.2, 0.25) is 0 Å². The first-order valence-electron chi connectivity index (χ1n) is 4.51. The van der Waals surface area contributed by atoms with E-state index >= 15 is 0 Å². The van der Waals surface area contributed by atoms with E-state index in [0.717, 1.165) is 17.6 Å². The van der Waals surface area contributed by atoms with Crippen molar-refractivity contribution in [3.05, 3.63) is 22.6 Å². The average molecular weight is 259 g/mol. The van der Waals surface area contributed by atoms with Crippen LogP contribution in [0.5, 0.6) is 0 Å². The highest BCUT2D eigenvalue weighted by molar-refractivity contribution is 7.92. The van der Waals surface area contributed by atoms with Crippen molar-refractivity contribution in [3.63, 3.8) is 0 Å². The normalized spacial score (nSPS) is 11.2. The van der Waals surface area contributed by atoms with Crippen molar-refractivity contribution in [1.29, 1.82) is 0 Å². The molecule has 0 unspecified atom stereocenters. The summed E-state index contributed by atoms with van der Waals surface area (Å²) in [6, 6.07) is 0. The number of carbonyl (C=O) groups is 1. The lowest BCUT2D eigenvalue weighted by Gasteiger charge is -1.97. The third kappa shape index (κ3) is 2.17. The molecule has 0 aliphatic heterocycles. The second-order valence-electron chi connectivity index (χ2n) is 3.31. The minimum absolute atomic E-state index is 0.193. The fraction of sp³-hybridized carbons (Fsp3) is 0.300. The molecular weight excluding hydrogens is 246 g/mol. The van der Waals surface area contributed by atoms with Gasteiger partial charge in [-0.15, -0.1) is 11.3 Å². The molecule has 1 aromatic heterocycles. The Balaban J connectivity index is 3.55. The first kappa shape index (κ1) is 12.9. The third-order valence-corrected chi connectivity index (χ3v) is 5.29. The van der Waals surface area contributed by atoms with Gasteiger partial charge >= 0.3 is 0 Å². The molecule has 88 valence electrons. The lowest BCUT2D eigenvalue weighted by molar-refractivity contribution is 0.0966. The van der Waals surface area contributed by atoms with Gasteiger partial charge in [-0.3, -0.25) is 4.79 Å². The highest BCUT2D eigenvalue weighted by Crippen LogP contribution is 2.32. The van der Waals surface area contributed by atoms with Gasteiger partial charge in [0.2, 0.25) is 0 Å². The standard InChI is InChI=1S/C10H13NO3S2/c1-5-7-6(2)8(9(12)11-3)15-10(7)16(4,13)14/h5H,1H2,2-4H3,(H,11,12). The molecule has 1 heterocycles. The zero-order valence-corrected chi connectivity index (χ0v) is 11.0. The van der Waals surface area contributed by atoms with E-state index in [1.165, 1.54) is 13.1 Å². The highest BCUT2D eigenvalue weighted by Gasteiger charge is 2.23. The Kier molecular flexibility index (Phi) is 3.54. The highest BCUT2D eigenvalue weighted by atomic mass is 32.2. The summed E-state index contributed by atoms with van der Waals surface area (Å²) in [5.41, 5.74) is 1.17. The molecule has 0 bridgehead atoms. The number of nitrogens with one attached hydrogen (secondary N) is 1. The number of hydrogen-bond acceptors (Lipinski definition) is 4. The molecule has 1 amide bonds. The van der Waals surface area contributed by atoms with E-state index in [-0.39, 0.29) is 10.1 Å². The Labute approximate surface area is 98.9 Å². The number of rotatable bonds is 3. The number of carbonyl (C=O) groups excluding carboxylic acids is 1. The van der Waals surface area contributed by atoms with Crippen LogP contribution in [0.15, 0.2) is 10.8 Å². The molecule has 0 aliphatic carbocycles. The number of sulfone groups is 1. The van der Waals surface area contributed by atoms with Gasteiger partial charge in [-0.05, 0) is 12.5 Å². The zero-order chi connectivity index (χ0) is 12.5. The largest absolute Gasteiger partial charge is 0.354 e. The van der Waals surface area contributed by atoms with Crippen LogP contribution in [0, 0.1) is 6.92 Å². The monoisotopic (exact) mass is 259 g/mol. The summed E-state index contributed by atoms with van der Waals surface area (Å²) in [6.45, 7) is 5.29. The van der Waals surface area contributed by atoms with E-state index in [1.54, 1.807) is 6.92 Å². The minimum atomic E-state index is -3.32. The summed E-state index contributed by atoms with van der Waals surface area (Å²) in [7, 11) is -1.81. The molecule has 0 saturated heterocycles. The van der Waals surface area contributed by atoms with E-state index in [9.17, 15) is 13.2 Å². The molecule has 0 saturated carbocycles. The van der Waals surface area contributed by atoms with Crippen molar-refractivity contribution in [3.8, 4) is 0 Å². The molecule has 1 rings (SSSR count). The van der Waals surface area contributed by atoms with Crippen LogP contribution in [0.3, 0.4) is 0 Å². The van der Waals surface area contributed by atoms with E-state index < -0.39 is 9.84 Å². The summed E-state index contributed by atoms with van der Waals surface area (Å²) >= 11 is 0.979. The number of amides is 1. The Hall–Kier alpha value is -1.14. The lowest BCUT2D eigenvalue weighted by atomic mass is 10.1. The molecule has 0 fully saturated rings. The van der Waals surface area contributed by atoms with Crippen molar-refractivity contribution < 1.29 is 13.2 Å². The van der Waals surface area contributed by atoms with Gasteiger partial charge in [0.25, 0.3) is 5.91 Å². The summed E-state index contributed by atoms with van der Waals surface area (Å²) < 4.78 is 23.2. The quantitative estimate of drug-likeness (QED) is 0.894. The van der Waals surface area contributed by atoms with E-state index in [1.807, 2.05) is 0 Å². The van der Waals surface area contributed by atoms with Crippen LogP contribution in [-0.4, -0.2) is 27.6 Å². The molecule has 0 radical (unpaired) electrons. The van der Waals surface area contributed by atoms with Crippen LogP contribution in [0.25, 0.3) is 6.08 Å². The SMILES string of the molecule is C=Cc1c(S(C)(=O)=O)sc(C(=O)NC)c1C. The predicted octanol–water partition coefficient (Wildman–Crippen LogP) is 1.46. The maximum atomic E-state index is 11.5. The van der Waals surface area contributed by atoms with Crippen molar-refractivity contribution in [2.45, 2.75) is 11.1 Å². The van der Waals surface area contributed by atoms with Crippen LogP contribution in [-0.2, 0) is 9.84 Å². The molecule has 4 nitrogen and oxygen atoms in total. The van der Waals surface area contributed by atoms with Crippen LogP contribution in [0.4, 0.5) is 0 Å². The van der Waals surface area contributed by atoms with Crippen molar-refractivity contribution in [2.75, 3.05) is 13.3 Å². The molecule has 0 aliphatic rings. The second-order valence-corrected chi connectivity index (χ2v) is 6.54. The molecule has 16 heavy (non-hydrogen) atoms. The van der Waals surface area contributed by atoms with Gasteiger partial charge < -0.3 is 5.32 Å². The number of thiophene rings is 1. The molecule has 0 spiro atoms. The van der Waals surface area contributed by atoms with Crippen molar-refractivity contribution >= 4 is 33.2 Å². The van der Waals surface area contributed by atoms with Crippen molar-refractivity contribution in [1.82, 2.24) is 5.32 Å². The van der Waals surface area contributed by atoms with Gasteiger partial charge in [-0.2, -0.15) is 0 Å². The maximum Gasteiger partial charge on any atom is 0.261 e. The summed E-state index contributed by atoms with van der Waals surface area (Å²) in [5.74, 6) is -0.277. The first-order chi connectivity index (χ1) is 7.32. The van der Waals surface area contributed by atoms with Gasteiger partial charge in [0.05, 0.1) is 4.88 Å². The number of hydrogen-bond donors (Lipinski definition) is 1. The smallest absolute Gasteiger partial charge is 0.261 e. The van der Waals surface area contributed by atoms with Crippen LogP contribution < -0.4 is 5.32 Å². The Morgan fingerprint density at radius 1 is 1.50 bits per heavy atom. The molecule has 1 aromatic rings. The second kappa shape index (κ2) is 4.39. The van der Waals surface area contributed by atoms with Crippen LogP contribution in [0.1, 0.15) is 20.8 Å². The van der Waals surface area contributed by atoms with Crippen molar-refractivity contribution in [2.24, 2.45) is 0 Å². The Morgan fingerprint density at radius 3 is 2.38 bits per heavy atom. The molecular formula is C10H13NO3S2. The first-order valence-corrected chi connectivity index (χ1v) is 7.21. The Bertz CT molecular complexity index is 541. The topological polar surface area (TPSA) is 63.2 Å². The van der Waals surface area contributed by atoms with E-state index in [0.29, 0.717) is 16.0 Å². The van der Waals surface area contributed by atoms with Gasteiger partial charge in [0, 0.05) is 18.9 Å². The van der Waals surface area contributed by atoms with Crippen LogP contribution >= 0.6 is 11.3 Å². The average Bonchev–Trinajstić information content (AvgIpc) is 2.53. The molecule has 0 aromatic carbocycles. The summed E-state index contributed by atoms with van der Waals surface area (Å²) in [4.78, 5) is 11.9. The third-order valence-electron chi connectivity index (χ3n) is 2.13. The van der Waals surface area contributed by atoms with E-state index in [4.69, 9.17) is 0 Å². The molecule has 1 N–H and O–H groups in total. The maximum absolute atomic E-state index is 11.5. The minimum Gasteiger partial charge on any atom is -0.354 e. The van der Waals surface area contributed by atoms with Gasteiger partial charge in [0.1, 0.15) is 4.21 Å². The Morgan fingerprint density at radius 2 is 2.06 bits per heavy atom. The zero-order valence-electron chi connectivity index (χ0n) is 9.33. The van der Waals surface area contributed by atoms with E-state index in [2.05, 4.69) is 11.9 Å². The lowest BCUT2D eigenvalue weighted by Crippen LogP contribution is -2.17. The van der Waals surface area contributed by atoms with Gasteiger partial charge in [-0.25, -0.2) is 8.42 Å². The van der Waals surface area contributed by atoms with Gasteiger partial charge in [-0.1, -0.05) is 12.7 Å². The summed E-state index contributed by atoms with van der Waals surface area (Å²) in [5, 5.41) is 2.48. The fourth-order valence-corrected chi connectivity index (χ4v) is 3.82. The molecule has 6 heteroatoms. The predicted molar refractivity (Wildman–Crippen MR) is 65.6 cm³/mol. The molecule has 0 atom stereocenters. The summed E-state index contributed by atoms with van der Waals surface area (Å²) in [6.07, 6.45) is 2.59. The van der Waals surface area contributed by atoms with Gasteiger partial charge in [0.15, 0.2) is 9.84 Å².